The fraction of sp³-hybridized carbons (Fsp3) is 0.750. The van der Waals surface area contributed by atoms with Crippen molar-refractivity contribution in [2.75, 3.05) is 0 Å². The van der Waals surface area contributed by atoms with Crippen molar-refractivity contribution in [2.45, 2.75) is 78.6 Å². The van der Waals surface area contributed by atoms with E-state index in [0.29, 0.717) is 10.8 Å². The predicted molar refractivity (Wildman–Crippen MR) is 102 cm³/mol. The van der Waals surface area contributed by atoms with Gasteiger partial charge in [0.1, 0.15) is 0 Å². The first kappa shape index (κ1) is 15.5. The largest absolute Gasteiger partial charge is 0.0737 e. The summed E-state index contributed by atoms with van der Waals surface area (Å²) < 4.78 is 0. The lowest BCUT2D eigenvalue weighted by atomic mass is 9.47. The Morgan fingerprint density at radius 2 is 1.83 bits per heavy atom. The second kappa shape index (κ2) is 5.12. The van der Waals surface area contributed by atoms with E-state index in [1.165, 1.54) is 57.8 Å². The van der Waals surface area contributed by atoms with Gasteiger partial charge in [-0.2, -0.15) is 0 Å². The van der Waals surface area contributed by atoms with Crippen molar-refractivity contribution in [1.82, 2.24) is 0 Å². The van der Waals surface area contributed by atoms with Crippen molar-refractivity contribution in [3.63, 3.8) is 0 Å². The monoisotopic (exact) mass is 322 g/mol. The molecule has 4 saturated carbocycles. The molecule has 5 rings (SSSR count). The number of hydrogen-bond acceptors (Lipinski definition) is 0. The van der Waals surface area contributed by atoms with E-state index >= 15 is 0 Å². The van der Waals surface area contributed by atoms with Crippen molar-refractivity contribution in [1.29, 1.82) is 0 Å². The summed E-state index contributed by atoms with van der Waals surface area (Å²) in [5, 5.41) is 0. The molecule has 0 heterocycles. The molecule has 0 aliphatic heterocycles. The average molecular weight is 323 g/mol. The molecule has 6 atom stereocenters. The van der Waals surface area contributed by atoms with Gasteiger partial charge < -0.3 is 0 Å². The first-order valence-corrected chi connectivity index (χ1v) is 10.7. The fourth-order valence-electron chi connectivity index (χ4n) is 7.57. The lowest BCUT2D eigenvalue weighted by molar-refractivity contribution is -0.0339. The minimum Gasteiger partial charge on any atom is -0.0737 e. The van der Waals surface area contributed by atoms with Crippen LogP contribution in [0.2, 0.25) is 0 Å². The molecule has 0 aromatic rings. The van der Waals surface area contributed by atoms with Gasteiger partial charge in [-0.1, -0.05) is 56.6 Å². The zero-order valence-electron chi connectivity index (χ0n) is 15.9. The Morgan fingerprint density at radius 3 is 2.58 bits per heavy atom. The number of allylic oxidation sites excluding steroid dienone is 6. The molecule has 24 heavy (non-hydrogen) atoms. The van der Waals surface area contributed by atoms with Crippen molar-refractivity contribution < 1.29 is 0 Å². The summed E-state index contributed by atoms with van der Waals surface area (Å²) in [6, 6.07) is 0. The third-order valence-corrected chi connectivity index (χ3v) is 9.18. The maximum Gasteiger partial charge on any atom is 0.0100 e. The predicted octanol–water partition coefficient (Wildman–Crippen LogP) is 6.84. The second-order valence-electron chi connectivity index (χ2n) is 9.99. The second-order valence-corrected chi connectivity index (χ2v) is 9.99. The van der Waals surface area contributed by atoms with Gasteiger partial charge >= 0.3 is 0 Å². The summed E-state index contributed by atoms with van der Waals surface area (Å²) in [6.45, 7) is 7.68. The van der Waals surface area contributed by atoms with Crippen LogP contribution in [0.4, 0.5) is 0 Å². The summed E-state index contributed by atoms with van der Waals surface area (Å²) >= 11 is 0. The van der Waals surface area contributed by atoms with Crippen LogP contribution < -0.4 is 0 Å². The average Bonchev–Trinajstić information content (AvgIpc) is 3.36. The highest BCUT2D eigenvalue weighted by atomic mass is 14.6. The van der Waals surface area contributed by atoms with Crippen LogP contribution in [-0.4, -0.2) is 0 Å². The molecule has 0 nitrogen and oxygen atoms in total. The molecular formula is C24H34. The van der Waals surface area contributed by atoms with Crippen LogP contribution in [0.1, 0.15) is 78.6 Å². The first-order chi connectivity index (χ1) is 11.6. The third kappa shape index (κ3) is 1.98. The lowest BCUT2D eigenvalue weighted by Crippen LogP contribution is -2.49. The quantitative estimate of drug-likeness (QED) is 0.495. The maximum absolute atomic E-state index is 2.66. The van der Waals surface area contributed by atoms with Gasteiger partial charge in [-0.05, 0) is 86.0 Å². The Kier molecular flexibility index (Phi) is 3.30. The molecule has 0 spiro atoms. The van der Waals surface area contributed by atoms with Gasteiger partial charge in [0.15, 0.2) is 0 Å². The Labute approximate surface area is 148 Å². The molecule has 0 saturated heterocycles. The van der Waals surface area contributed by atoms with Crippen LogP contribution in [0.15, 0.2) is 34.9 Å². The molecule has 0 aromatic carbocycles. The minimum absolute atomic E-state index is 0.369. The number of hydrogen-bond donors (Lipinski definition) is 0. The molecule has 0 N–H and O–H groups in total. The maximum atomic E-state index is 2.66. The molecule has 5 aliphatic rings. The Balaban J connectivity index is 1.48. The van der Waals surface area contributed by atoms with E-state index in [0.717, 1.165) is 23.7 Å². The minimum atomic E-state index is 0.369. The molecule has 0 bridgehead atoms. The highest BCUT2D eigenvalue weighted by molar-refractivity contribution is 5.49. The van der Waals surface area contributed by atoms with Gasteiger partial charge in [0.05, 0.1) is 0 Å². The van der Waals surface area contributed by atoms with E-state index in [-0.39, 0.29) is 0 Å². The fourth-order valence-corrected chi connectivity index (χ4v) is 7.57. The summed E-state index contributed by atoms with van der Waals surface area (Å²) in [4.78, 5) is 0. The van der Waals surface area contributed by atoms with E-state index < -0.39 is 0 Å². The van der Waals surface area contributed by atoms with Crippen molar-refractivity contribution in [2.24, 2.45) is 34.5 Å². The van der Waals surface area contributed by atoms with Gasteiger partial charge in [0.2, 0.25) is 0 Å². The van der Waals surface area contributed by atoms with Crippen LogP contribution in [0.25, 0.3) is 0 Å². The Bertz CT molecular complexity index is 641. The number of rotatable bonds is 1. The summed E-state index contributed by atoms with van der Waals surface area (Å²) in [5.41, 5.74) is 6.09. The first-order valence-electron chi connectivity index (χ1n) is 10.7. The van der Waals surface area contributed by atoms with Gasteiger partial charge in [0, 0.05) is 5.41 Å². The third-order valence-electron chi connectivity index (χ3n) is 9.18. The van der Waals surface area contributed by atoms with Crippen LogP contribution in [0, 0.1) is 34.5 Å². The smallest absolute Gasteiger partial charge is 0.0100 e. The van der Waals surface area contributed by atoms with E-state index in [4.69, 9.17) is 0 Å². The Hall–Kier alpha value is -0.780. The lowest BCUT2D eigenvalue weighted by Gasteiger charge is -2.57. The van der Waals surface area contributed by atoms with Crippen molar-refractivity contribution in [3.05, 3.63) is 34.9 Å². The highest BCUT2D eigenvalue weighted by Gasteiger charge is 2.57. The van der Waals surface area contributed by atoms with E-state index in [9.17, 15) is 0 Å². The van der Waals surface area contributed by atoms with Crippen LogP contribution in [-0.2, 0) is 0 Å². The van der Waals surface area contributed by atoms with Gasteiger partial charge in [-0.3, -0.25) is 0 Å². The summed E-state index contributed by atoms with van der Waals surface area (Å²) in [6.07, 6.45) is 20.7. The molecule has 0 aromatic heterocycles. The zero-order chi connectivity index (χ0) is 16.5. The van der Waals surface area contributed by atoms with E-state index in [1.807, 2.05) is 0 Å². The van der Waals surface area contributed by atoms with Crippen LogP contribution in [0.5, 0.6) is 0 Å². The molecule has 0 radical (unpaired) electrons. The SMILES string of the molecule is CCC1CCC2C3CCC4=CC(=C5CC5)C=CC4(C)C3CCC12C. The molecule has 6 unspecified atom stereocenters. The van der Waals surface area contributed by atoms with Gasteiger partial charge in [0.25, 0.3) is 0 Å². The van der Waals surface area contributed by atoms with Gasteiger partial charge in [-0.15, -0.1) is 0 Å². The Morgan fingerprint density at radius 1 is 1.00 bits per heavy atom. The molecule has 0 amide bonds. The van der Waals surface area contributed by atoms with Crippen LogP contribution >= 0.6 is 0 Å². The highest BCUT2D eigenvalue weighted by Crippen LogP contribution is 2.66. The standard InChI is InChI=1S/C24H34/c1-4-18-8-10-21-20-9-7-19-15-17(16-5-6-16)11-13-24(19,3)22(20)12-14-23(18,21)2/h11,13,15,18,20-22H,4-10,12,14H2,1-3H3. The topological polar surface area (TPSA) is 0 Å². The zero-order valence-corrected chi connectivity index (χ0v) is 15.9. The van der Waals surface area contributed by atoms with Gasteiger partial charge in [-0.25, -0.2) is 0 Å². The molecule has 0 heteroatoms. The number of fused-ring (bicyclic) bond motifs is 5. The van der Waals surface area contributed by atoms with Crippen molar-refractivity contribution >= 4 is 0 Å². The molecular weight excluding hydrogens is 288 g/mol. The van der Waals surface area contributed by atoms with Crippen LogP contribution in [0.3, 0.4) is 0 Å². The summed E-state index contributed by atoms with van der Waals surface area (Å²) in [7, 11) is 0. The normalized spacial score (nSPS) is 49.4. The molecule has 4 fully saturated rings. The molecule has 5 aliphatic carbocycles. The van der Waals surface area contributed by atoms with E-state index in [2.05, 4.69) is 39.0 Å². The van der Waals surface area contributed by atoms with E-state index in [1.54, 1.807) is 16.7 Å². The summed E-state index contributed by atoms with van der Waals surface area (Å²) in [5.74, 6) is 3.91. The molecule has 130 valence electrons. The van der Waals surface area contributed by atoms with Crippen molar-refractivity contribution in [3.8, 4) is 0 Å².